The van der Waals surface area contributed by atoms with Crippen molar-refractivity contribution in [3.63, 3.8) is 0 Å². The molecule has 1 aromatic heterocycles. The second-order valence-electron chi connectivity index (χ2n) is 2.94. The largest absolute Gasteiger partial charge is 0.360 e. The Hall–Kier alpha value is -1.12. The second-order valence-corrected chi connectivity index (χ2v) is 2.94. The summed E-state index contributed by atoms with van der Waals surface area (Å²) in [6.07, 6.45) is 2.35. The lowest BCUT2D eigenvalue weighted by molar-refractivity contribution is 0.100. The van der Waals surface area contributed by atoms with Crippen LogP contribution in [0.2, 0.25) is 0 Å². The fraction of sp³-hybridized carbons (Fsp3) is 0.500. The minimum absolute atomic E-state index is 0.0272. The van der Waals surface area contributed by atoms with Crippen LogP contribution in [0.5, 0.6) is 0 Å². The van der Waals surface area contributed by atoms with Crippen molar-refractivity contribution >= 4 is 5.78 Å². The van der Waals surface area contributed by atoms with E-state index in [1.807, 2.05) is 0 Å². The van der Waals surface area contributed by atoms with Crippen LogP contribution in [-0.4, -0.2) is 10.9 Å². The van der Waals surface area contributed by atoms with Crippen molar-refractivity contribution in [1.29, 1.82) is 0 Å². The van der Waals surface area contributed by atoms with Gasteiger partial charge in [0.2, 0.25) is 0 Å². The zero-order chi connectivity index (χ0) is 7.84. The molecule has 0 atom stereocenters. The molecule has 2 rings (SSSR count). The zero-order valence-corrected chi connectivity index (χ0v) is 6.33. The van der Waals surface area contributed by atoms with E-state index >= 15 is 0 Å². The van der Waals surface area contributed by atoms with Gasteiger partial charge in [0.1, 0.15) is 11.5 Å². The molecule has 0 saturated heterocycles. The zero-order valence-electron chi connectivity index (χ0n) is 6.33. The Morgan fingerprint density at radius 1 is 1.73 bits per heavy atom. The van der Waals surface area contributed by atoms with E-state index in [-0.39, 0.29) is 5.78 Å². The molecule has 1 heterocycles. The first-order valence-electron chi connectivity index (χ1n) is 3.75. The number of carbonyl (C=O) groups excluding carboxylic acids is 1. The van der Waals surface area contributed by atoms with Crippen LogP contribution < -0.4 is 0 Å². The van der Waals surface area contributed by atoms with E-state index < -0.39 is 0 Å². The summed E-state index contributed by atoms with van der Waals surface area (Å²) >= 11 is 0. The maximum atomic E-state index is 10.8. The molecule has 1 fully saturated rings. The Morgan fingerprint density at radius 2 is 2.45 bits per heavy atom. The van der Waals surface area contributed by atoms with Gasteiger partial charge in [-0.25, -0.2) is 0 Å². The number of rotatable bonds is 2. The fourth-order valence-corrected chi connectivity index (χ4v) is 1.02. The van der Waals surface area contributed by atoms with Gasteiger partial charge in [0.05, 0.1) is 0 Å². The van der Waals surface area contributed by atoms with E-state index in [9.17, 15) is 4.79 Å². The third-order valence-corrected chi connectivity index (χ3v) is 1.87. The van der Waals surface area contributed by atoms with E-state index in [0.717, 1.165) is 5.76 Å². The van der Waals surface area contributed by atoms with Crippen LogP contribution in [0.25, 0.3) is 0 Å². The molecule has 0 aromatic carbocycles. The van der Waals surface area contributed by atoms with Crippen LogP contribution in [0.15, 0.2) is 10.6 Å². The molecule has 1 aliphatic carbocycles. The summed E-state index contributed by atoms with van der Waals surface area (Å²) in [4.78, 5) is 10.8. The average Bonchev–Trinajstić information content (AvgIpc) is 2.68. The molecule has 0 bridgehead atoms. The van der Waals surface area contributed by atoms with Crippen LogP contribution in [-0.2, 0) is 0 Å². The number of hydrogen-bond acceptors (Lipinski definition) is 3. The molecule has 0 aliphatic heterocycles. The van der Waals surface area contributed by atoms with E-state index in [1.165, 1.54) is 19.8 Å². The van der Waals surface area contributed by atoms with E-state index in [1.54, 1.807) is 6.07 Å². The molecule has 3 heteroatoms. The van der Waals surface area contributed by atoms with E-state index in [4.69, 9.17) is 4.52 Å². The summed E-state index contributed by atoms with van der Waals surface area (Å²) in [5.41, 5.74) is 0.451. The van der Waals surface area contributed by atoms with Gasteiger partial charge in [0.25, 0.3) is 0 Å². The Morgan fingerprint density at radius 3 is 2.91 bits per heavy atom. The molecule has 3 nitrogen and oxygen atoms in total. The monoisotopic (exact) mass is 151 g/mol. The van der Waals surface area contributed by atoms with Crippen LogP contribution in [0.4, 0.5) is 0 Å². The van der Waals surface area contributed by atoms with Crippen LogP contribution in [0, 0.1) is 0 Å². The standard InChI is InChI=1S/C8H9NO2/c1-5(10)7-4-8(11-9-7)6-2-3-6/h4,6H,2-3H2,1H3. The molecule has 1 aliphatic rings. The molecule has 1 aromatic rings. The van der Waals surface area contributed by atoms with E-state index in [2.05, 4.69) is 5.16 Å². The molecule has 0 amide bonds. The van der Waals surface area contributed by atoms with Gasteiger partial charge >= 0.3 is 0 Å². The molecular weight excluding hydrogens is 142 g/mol. The lowest BCUT2D eigenvalue weighted by Gasteiger charge is -1.80. The topological polar surface area (TPSA) is 43.1 Å². The summed E-state index contributed by atoms with van der Waals surface area (Å²) in [5, 5.41) is 3.65. The quantitative estimate of drug-likeness (QED) is 0.605. The minimum Gasteiger partial charge on any atom is -0.360 e. The van der Waals surface area contributed by atoms with Gasteiger partial charge in [0.15, 0.2) is 5.78 Å². The number of aromatic nitrogens is 1. The molecule has 0 radical (unpaired) electrons. The second kappa shape index (κ2) is 2.19. The minimum atomic E-state index is -0.0272. The highest BCUT2D eigenvalue weighted by atomic mass is 16.5. The average molecular weight is 151 g/mol. The van der Waals surface area contributed by atoms with Gasteiger partial charge in [-0.05, 0) is 12.8 Å². The smallest absolute Gasteiger partial charge is 0.181 e. The summed E-state index contributed by atoms with van der Waals surface area (Å²) in [6, 6.07) is 1.75. The van der Waals surface area contributed by atoms with Gasteiger partial charge in [-0.2, -0.15) is 0 Å². The fourth-order valence-electron chi connectivity index (χ4n) is 1.02. The lowest BCUT2D eigenvalue weighted by atomic mass is 10.2. The van der Waals surface area contributed by atoms with Crippen LogP contribution in [0.1, 0.15) is 41.9 Å². The van der Waals surface area contributed by atoms with Gasteiger partial charge in [0, 0.05) is 18.9 Å². The maximum absolute atomic E-state index is 10.8. The van der Waals surface area contributed by atoms with Crippen molar-refractivity contribution in [1.82, 2.24) is 5.16 Å². The van der Waals surface area contributed by atoms with Crippen LogP contribution in [0.3, 0.4) is 0 Å². The Balaban J connectivity index is 2.25. The number of ketones is 1. The van der Waals surface area contributed by atoms with Crippen molar-refractivity contribution in [2.75, 3.05) is 0 Å². The Kier molecular flexibility index (Phi) is 1.31. The van der Waals surface area contributed by atoms with Crippen molar-refractivity contribution < 1.29 is 9.32 Å². The van der Waals surface area contributed by atoms with Crippen molar-refractivity contribution in [2.24, 2.45) is 0 Å². The van der Waals surface area contributed by atoms with Gasteiger partial charge in [-0.1, -0.05) is 5.16 Å². The molecule has 0 unspecified atom stereocenters. The Labute approximate surface area is 64.4 Å². The third-order valence-electron chi connectivity index (χ3n) is 1.87. The molecule has 11 heavy (non-hydrogen) atoms. The Bertz CT molecular complexity index is 286. The van der Waals surface area contributed by atoms with E-state index in [0.29, 0.717) is 11.6 Å². The maximum Gasteiger partial charge on any atom is 0.181 e. The molecular formula is C8H9NO2. The normalized spacial score (nSPS) is 16.8. The lowest BCUT2D eigenvalue weighted by Crippen LogP contribution is -1.89. The van der Waals surface area contributed by atoms with Crippen molar-refractivity contribution in [2.45, 2.75) is 25.7 Å². The number of carbonyl (C=O) groups is 1. The molecule has 58 valence electrons. The predicted octanol–water partition coefficient (Wildman–Crippen LogP) is 1.75. The SMILES string of the molecule is CC(=O)c1cc(C2CC2)on1. The summed E-state index contributed by atoms with van der Waals surface area (Å²) in [6.45, 7) is 1.49. The molecule has 0 N–H and O–H groups in total. The van der Waals surface area contributed by atoms with Gasteiger partial charge in [-0.15, -0.1) is 0 Å². The van der Waals surface area contributed by atoms with Crippen molar-refractivity contribution in [3.8, 4) is 0 Å². The number of nitrogens with zero attached hydrogens (tertiary/aromatic N) is 1. The van der Waals surface area contributed by atoms with Gasteiger partial charge < -0.3 is 4.52 Å². The van der Waals surface area contributed by atoms with Crippen LogP contribution >= 0.6 is 0 Å². The van der Waals surface area contributed by atoms with Crippen molar-refractivity contribution in [3.05, 3.63) is 17.5 Å². The first kappa shape index (κ1) is 6.58. The number of hydrogen-bond donors (Lipinski definition) is 0. The first-order chi connectivity index (χ1) is 5.27. The highest BCUT2D eigenvalue weighted by Crippen LogP contribution is 2.40. The predicted molar refractivity (Wildman–Crippen MR) is 38.5 cm³/mol. The molecule has 0 spiro atoms. The highest BCUT2D eigenvalue weighted by molar-refractivity contribution is 5.91. The molecule has 1 saturated carbocycles. The summed E-state index contributed by atoms with van der Waals surface area (Å²) in [7, 11) is 0. The number of Topliss-reactive ketones (excluding diaryl/α,β-unsaturated/α-hetero) is 1. The van der Waals surface area contributed by atoms with Gasteiger partial charge in [-0.3, -0.25) is 4.79 Å². The summed E-state index contributed by atoms with van der Waals surface area (Å²) < 4.78 is 4.98. The highest BCUT2D eigenvalue weighted by Gasteiger charge is 2.28. The third kappa shape index (κ3) is 1.18. The first-order valence-corrected chi connectivity index (χ1v) is 3.75. The summed E-state index contributed by atoms with van der Waals surface area (Å²) in [5.74, 6) is 1.38.